The Morgan fingerprint density at radius 3 is 2.92 bits per heavy atom. The smallest absolute Gasteiger partial charge is 0.304 e. The molecule has 1 aliphatic rings. The van der Waals surface area contributed by atoms with Crippen LogP contribution in [0.15, 0.2) is 24.3 Å². The van der Waals surface area contributed by atoms with Crippen LogP contribution in [0.2, 0.25) is 0 Å². The van der Waals surface area contributed by atoms with Crippen LogP contribution in [0.5, 0.6) is 0 Å². The lowest BCUT2D eigenvalue weighted by molar-refractivity contribution is -0.138. The van der Waals surface area contributed by atoms with Gasteiger partial charge in [-0.25, -0.2) is 4.39 Å². The number of allylic oxidation sites excluding steroid dienone is 4. The lowest BCUT2D eigenvalue weighted by Crippen LogP contribution is -2.31. The predicted molar refractivity (Wildman–Crippen MR) is 43.5 cm³/mol. The van der Waals surface area contributed by atoms with Crippen molar-refractivity contribution in [3.63, 3.8) is 0 Å². The van der Waals surface area contributed by atoms with Crippen LogP contribution in [0.3, 0.4) is 0 Å². The summed E-state index contributed by atoms with van der Waals surface area (Å²) in [6, 6.07) is 1.47. The zero-order valence-electron chi connectivity index (χ0n) is 6.77. The van der Waals surface area contributed by atoms with E-state index in [1.165, 1.54) is 18.2 Å². The summed E-state index contributed by atoms with van der Waals surface area (Å²) in [6.45, 7) is 0. The molecule has 0 fully saturated rings. The highest BCUT2D eigenvalue weighted by Crippen LogP contribution is 2.30. The first-order valence-corrected chi connectivity index (χ1v) is 3.76. The van der Waals surface area contributed by atoms with Crippen LogP contribution in [0.1, 0.15) is 6.42 Å². The van der Waals surface area contributed by atoms with Crippen molar-refractivity contribution in [1.29, 1.82) is 5.26 Å². The van der Waals surface area contributed by atoms with E-state index in [1.807, 2.05) is 0 Å². The highest BCUT2D eigenvalue weighted by molar-refractivity contribution is 5.68. The quantitative estimate of drug-likeness (QED) is 0.701. The van der Waals surface area contributed by atoms with E-state index in [1.54, 1.807) is 6.08 Å². The Labute approximate surface area is 74.8 Å². The maximum Gasteiger partial charge on any atom is 0.304 e. The first-order chi connectivity index (χ1) is 6.08. The standard InChI is InChI=1S/C9H8FNO2/c10-9(6-11)4-2-1-3-7(9)5-8(12)13/h1-4,7H,5H2,(H,12,13)/t7-,9?/m0/s1. The average Bonchev–Trinajstić information content (AvgIpc) is 2.09. The van der Waals surface area contributed by atoms with E-state index in [9.17, 15) is 9.18 Å². The molecule has 0 radical (unpaired) electrons. The Morgan fingerprint density at radius 1 is 1.69 bits per heavy atom. The molecule has 0 bridgehead atoms. The zero-order valence-corrected chi connectivity index (χ0v) is 6.77. The second kappa shape index (κ2) is 3.40. The number of rotatable bonds is 2. The highest BCUT2D eigenvalue weighted by Gasteiger charge is 2.37. The lowest BCUT2D eigenvalue weighted by atomic mass is 9.84. The van der Waals surface area contributed by atoms with Crippen LogP contribution in [0, 0.1) is 17.2 Å². The number of aliphatic carboxylic acids is 1. The average molecular weight is 181 g/mol. The molecule has 0 saturated heterocycles. The summed E-state index contributed by atoms with van der Waals surface area (Å²) in [4.78, 5) is 10.3. The fourth-order valence-corrected chi connectivity index (χ4v) is 1.18. The van der Waals surface area contributed by atoms with Crippen molar-refractivity contribution in [2.75, 3.05) is 0 Å². The van der Waals surface area contributed by atoms with Gasteiger partial charge in [0.1, 0.15) is 6.07 Å². The van der Waals surface area contributed by atoms with E-state index in [2.05, 4.69) is 0 Å². The van der Waals surface area contributed by atoms with Gasteiger partial charge in [-0.2, -0.15) is 5.26 Å². The molecule has 13 heavy (non-hydrogen) atoms. The molecule has 0 aromatic carbocycles. The van der Waals surface area contributed by atoms with Gasteiger partial charge in [0.05, 0.1) is 6.42 Å². The Kier molecular flexibility index (Phi) is 2.47. The Hall–Kier alpha value is -1.63. The fraction of sp³-hybridized carbons (Fsp3) is 0.333. The molecule has 1 unspecified atom stereocenters. The van der Waals surface area contributed by atoms with Crippen molar-refractivity contribution in [3.05, 3.63) is 24.3 Å². The topological polar surface area (TPSA) is 61.1 Å². The van der Waals surface area contributed by atoms with E-state index in [4.69, 9.17) is 10.4 Å². The van der Waals surface area contributed by atoms with Crippen molar-refractivity contribution in [2.24, 2.45) is 5.92 Å². The number of hydrogen-bond acceptors (Lipinski definition) is 2. The monoisotopic (exact) mass is 181 g/mol. The molecule has 0 heterocycles. The lowest BCUT2D eigenvalue weighted by Gasteiger charge is -2.22. The third-order valence-electron chi connectivity index (χ3n) is 1.90. The summed E-state index contributed by atoms with van der Waals surface area (Å²) in [7, 11) is 0. The van der Waals surface area contributed by atoms with E-state index in [-0.39, 0.29) is 6.42 Å². The van der Waals surface area contributed by atoms with Gasteiger partial charge in [-0.05, 0) is 6.08 Å². The Morgan fingerprint density at radius 2 is 2.38 bits per heavy atom. The maximum absolute atomic E-state index is 13.6. The van der Waals surface area contributed by atoms with E-state index in [0.717, 1.165) is 6.08 Å². The van der Waals surface area contributed by atoms with Crippen molar-refractivity contribution < 1.29 is 14.3 Å². The third kappa shape index (κ3) is 1.94. The van der Waals surface area contributed by atoms with E-state index in [0.29, 0.717) is 0 Å². The SMILES string of the molecule is N#CC1(F)C=CC=C[C@H]1CC(=O)O. The van der Waals surface area contributed by atoms with Crippen LogP contribution in [-0.2, 0) is 4.79 Å². The molecule has 0 aromatic rings. The first-order valence-electron chi connectivity index (χ1n) is 3.76. The van der Waals surface area contributed by atoms with Crippen LogP contribution >= 0.6 is 0 Å². The van der Waals surface area contributed by atoms with Crippen molar-refractivity contribution >= 4 is 5.97 Å². The third-order valence-corrected chi connectivity index (χ3v) is 1.90. The number of alkyl halides is 1. The van der Waals surface area contributed by atoms with Gasteiger partial charge in [0.25, 0.3) is 0 Å². The summed E-state index contributed by atoms with van der Waals surface area (Å²) in [5.41, 5.74) is -2.17. The van der Waals surface area contributed by atoms with Gasteiger partial charge in [0, 0.05) is 5.92 Å². The highest BCUT2D eigenvalue weighted by atomic mass is 19.1. The molecule has 0 saturated carbocycles. The number of carboxylic acid groups (broad SMARTS) is 1. The fourth-order valence-electron chi connectivity index (χ4n) is 1.18. The van der Waals surface area contributed by atoms with Gasteiger partial charge in [0.15, 0.2) is 0 Å². The molecular weight excluding hydrogens is 173 g/mol. The number of hydrogen-bond donors (Lipinski definition) is 1. The minimum atomic E-state index is -2.17. The molecule has 1 aliphatic carbocycles. The van der Waals surface area contributed by atoms with Crippen LogP contribution in [-0.4, -0.2) is 16.7 Å². The second-order valence-electron chi connectivity index (χ2n) is 2.83. The number of carbonyl (C=O) groups is 1. The van der Waals surface area contributed by atoms with Crippen molar-refractivity contribution in [2.45, 2.75) is 12.1 Å². The molecule has 68 valence electrons. The molecule has 0 spiro atoms. The van der Waals surface area contributed by atoms with Crippen LogP contribution in [0.4, 0.5) is 4.39 Å². The summed E-state index contributed by atoms with van der Waals surface area (Å²) in [5.74, 6) is -2.00. The minimum Gasteiger partial charge on any atom is -0.481 e. The number of nitriles is 1. The van der Waals surface area contributed by atoms with Crippen LogP contribution in [0.25, 0.3) is 0 Å². The molecule has 3 nitrogen and oxygen atoms in total. The molecule has 0 aromatic heterocycles. The predicted octanol–water partition coefficient (Wildman–Crippen LogP) is 1.44. The molecule has 0 amide bonds. The number of carboxylic acids is 1. The normalized spacial score (nSPS) is 31.2. The summed E-state index contributed by atoms with van der Waals surface area (Å²) in [6.07, 6.45) is 5.06. The van der Waals surface area contributed by atoms with Gasteiger partial charge in [-0.15, -0.1) is 0 Å². The molecule has 2 atom stereocenters. The molecular formula is C9H8FNO2. The molecule has 0 aliphatic heterocycles. The van der Waals surface area contributed by atoms with Crippen molar-refractivity contribution in [3.8, 4) is 6.07 Å². The number of nitrogens with zero attached hydrogens (tertiary/aromatic N) is 1. The first kappa shape index (κ1) is 9.46. The minimum absolute atomic E-state index is 0.370. The summed E-state index contributed by atoms with van der Waals surface area (Å²) >= 11 is 0. The van der Waals surface area contributed by atoms with Gasteiger partial charge < -0.3 is 5.11 Å². The summed E-state index contributed by atoms with van der Waals surface area (Å²) in [5, 5.41) is 17.0. The van der Waals surface area contributed by atoms with Gasteiger partial charge in [-0.3, -0.25) is 4.79 Å². The molecule has 1 rings (SSSR count). The largest absolute Gasteiger partial charge is 0.481 e. The summed E-state index contributed by atoms with van der Waals surface area (Å²) < 4.78 is 13.6. The number of halogens is 1. The van der Waals surface area contributed by atoms with E-state index >= 15 is 0 Å². The zero-order chi connectivity index (χ0) is 9.90. The second-order valence-corrected chi connectivity index (χ2v) is 2.83. The van der Waals surface area contributed by atoms with Crippen LogP contribution < -0.4 is 0 Å². The maximum atomic E-state index is 13.6. The van der Waals surface area contributed by atoms with Gasteiger partial charge in [-0.1, -0.05) is 18.2 Å². The Balaban J connectivity index is 2.84. The molecule has 4 heteroatoms. The Bertz CT molecular complexity index is 316. The van der Waals surface area contributed by atoms with Gasteiger partial charge in [0.2, 0.25) is 5.67 Å². The van der Waals surface area contributed by atoms with Gasteiger partial charge >= 0.3 is 5.97 Å². The van der Waals surface area contributed by atoms with E-state index < -0.39 is 17.6 Å². The van der Waals surface area contributed by atoms with Crippen molar-refractivity contribution in [1.82, 2.24) is 0 Å². The molecule has 1 N–H and O–H groups in total.